The van der Waals surface area contributed by atoms with Crippen LogP contribution in [0.3, 0.4) is 0 Å². The molecule has 2 atom stereocenters. The Hall–Kier alpha value is -0.970. The van der Waals surface area contributed by atoms with Crippen molar-refractivity contribution in [1.82, 2.24) is 0 Å². The Morgan fingerprint density at radius 2 is 2.28 bits per heavy atom. The highest BCUT2D eigenvalue weighted by Crippen LogP contribution is 2.23. The van der Waals surface area contributed by atoms with Crippen molar-refractivity contribution in [2.75, 3.05) is 6.54 Å². The number of ether oxygens (including phenoxy) is 1. The van der Waals surface area contributed by atoms with E-state index in [1.807, 2.05) is 0 Å². The van der Waals surface area contributed by atoms with Gasteiger partial charge in [0.1, 0.15) is 11.9 Å². The Morgan fingerprint density at radius 1 is 1.50 bits per heavy atom. The first-order valence-electron chi connectivity index (χ1n) is 5.92. The number of ketones is 1. The highest BCUT2D eigenvalue weighted by molar-refractivity contribution is 6.31. The summed E-state index contributed by atoms with van der Waals surface area (Å²) < 4.78 is 18.4. The molecule has 1 aliphatic rings. The Kier molecular flexibility index (Phi) is 4.32. The lowest BCUT2D eigenvalue weighted by Crippen LogP contribution is -2.26. The summed E-state index contributed by atoms with van der Waals surface area (Å²) in [5.74, 6) is -0.434. The van der Waals surface area contributed by atoms with Crippen LogP contribution in [0.2, 0.25) is 5.02 Å². The summed E-state index contributed by atoms with van der Waals surface area (Å²) in [7, 11) is 0. The minimum absolute atomic E-state index is 0.0253. The van der Waals surface area contributed by atoms with Crippen LogP contribution in [-0.4, -0.2) is 24.5 Å². The molecule has 0 saturated carbocycles. The lowest BCUT2D eigenvalue weighted by Gasteiger charge is -2.11. The molecule has 1 fully saturated rings. The quantitative estimate of drug-likeness (QED) is 0.912. The molecule has 1 aromatic carbocycles. The van der Waals surface area contributed by atoms with Crippen LogP contribution in [0.5, 0.6) is 0 Å². The van der Waals surface area contributed by atoms with E-state index in [4.69, 9.17) is 22.1 Å². The predicted octanol–water partition coefficient (Wildman–Crippen LogP) is 2.10. The molecule has 0 spiro atoms. The third kappa shape index (κ3) is 3.07. The number of Topliss-reactive ketones (excluding diaryl/α,β-unsaturated/α-hetero) is 1. The van der Waals surface area contributed by atoms with Crippen molar-refractivity contribution in [3.8, 4) is 0 Å². The molecule has 98 valence electrons. The zero-order valence-corrected chi connectivity index (χ0v) is 10.6. The van der Waals surface area contributed by atoms with Crippen molar-refractivity contribution < 1.29 is 13.9 Å². The SMILES string of the molecule is NCC1CCC(C(=O)Cc2ccc(F)cc2Cl)O1. The molecule has 1 aromatic rings. The van der Waals surface area contributed by atoms with E-state index in [9.17, 15) is 9.18 Å². The topological polar surface area (TPSA) is 52.3 Å². The molecule has 2 N–H and O–H groups in total. The maximum Gasteiger partial charge on any atom is 0.165 e. The molecule has 1 heterocycles. The molecule has 3 nitrogen and oxygen atoms in total. The maximum absolute atomic E-state index is 12.9. The number of halogens is 2. The van der Waals surface area contributed by atoms with Gasteiger partial charge in [-0.3, -0.25) is 4.79 Å². The van der Waals surface area contributed by atoms with Crippen molar-refractivity contribution in [3.05, 3.63) is 34.6 Å². The molecule has 2 rings (SSSR count). The van der Waals surface area contributed by atoms with Gasteiger partial charge in [0.15, 0.2) is 5.78 Å². The summed E-state index contributed by atoms with van der Waals surface area (Å²) in [4.78, 5) is 12.0. The van der Waals surface area contributed by atoms with E-state index < -0.39 is 11.9 Å². The fourth-order valence-corrected chi connectivity index (χ4v) is 2.32. The van der Waals surface area contributed by atoms with E-state index in [1.165, 1.54) is 18.2 Å². The van der Waals surface area contributed by atoms with Crippen LogP contribution in [0.25, 0.3) is 0 Å². The molecule has 0 aliphatic carbocycles. The van der Waals surface area contributed by atoms with Gasteiger partial charge in [-0.05, 0) is 30.5 Å². The average molecular weight is 272 g/mol. The van der Waals surface area contributed by atoms with Gasteiger partial charge in [-0.1, -0.05) is 17.7 Å². The average Bonchev–Trinajstić information content (AvgIpc) is 2.81. The minimum Gasteiger partial charge on any atom is -0.366 e. The zero-order chi connectivity index (χ0) is 13.1. The number of benzene rings is 1. The third-order valence-corrected chi connectivity index (χ3v) is 3.46. The van der Waals surface area contributed by atoms with Crippen LogP contribution >= 0.6 is 11.6 Å². The van der Waals surface area contributed by atoms with Crippen LogP contribution in [0.1, 0.15) is 18.4 Å². The van der Waals surface area contributed by atoms with Gasteiger partial charge in [-0.15, -0.1) is 0 Å². The number of carbonyl (C=O) groups excluding carboxylic acids is 1. The fourth-order valence-electron chi connectivity index (χ4n) is 2.08. The van der Waals surface area contributed by atoms with Gasteiger partial charge in [0, 0.05) is 18.0 Å². The van der Waals surface area contributed by atoms with E-state index in [1.54, 1.807) is 0 Å². The minimum atomic E-state index is -0.406. The van der Waals surface area contributed by atoms with Gasteiger partial charge in [0.2, 0.25) is 0 Å². The van der Waals surface area contributed by atoms with E-state index in [-0.39, 0.29) is 23.3 Å². The Labute approximate surface area is 110 Å². The third-order valence-electron chi connectivity index (χ3n) is 3.11. The van der Waals surface area contributed by atoms with Crippen LogP contribution in [0.4, 0.5) is 4.39 Å². The van der Waals surface area contributed by atoms with Gasteiger partial charge in [0.25, 0.3) is 0 Å². The smallest absolute Gasteiger partial charge is 0.165 e. The molecule has 0 bridgehead atoms. The largest absolute Gasteiger partial charge is 0.366 e. The van der Waals surface area contributed by atoms with E-state index >= 15 is 0 Å². The molecule has 0 aromatic heterocycles. The first kappa shape index (κ1) is 13.5. The number of carbonyl (C=O) groups is 1. The second-order valence-electron chi connectivity index (χ2n) is 4.44. The zero-order valence-electron chi connectivity index (χ0n) is 9.86. The molecular weight excluding hydrogens is 257 g/mol. The lowest BCUT2D eigenvalue weighted by molar-refractivity contribution is -0.128. The van der Waals surface area contributed by atoms with Crippen LogP contribution in [0.15, 0.2) is 18.2 Å². The fraction of sp³-hybridized carbons (Fsp3) is 0.462. The van der Waals surface area contributed by atoms with Gasteiger partial charge >= 0.3 is 0 Å². The van der Waals surface area contributed by atoms with Crippen molar-refractivity contribution in [3.63, 3.8) is 0 Å². The summed E-state index contributed by atoms with van der Waals surface area (Å²) in [6.45, 7) is 0.432. The number of hydrogen-bond acceptors (Lipinski definition) is 3. The predicted molar refractivity (Wildman–Crippen MR) is 67.1 cm³/mol. The van der Waals surface area contributed by atoms with E-state index in [0.717, 1.165) is 6.42 Å². The van der Waals surface area contributed by atoms with Crippen molar-refractivity contribution in [1.29, 1.82) is 0 Å². The summed E-state index contributed by atoms with van der Waals surface area (Å²) in [5, 5.41) is 0.275. The summed E-state index contributed by atoms with van der Waals surface area (Å²) in [6, 6.07) is 4.04. The summed E-state index contributed by atoms with van der Waals surface area (Å²) >= 11 is 5.88. The van der Waals surface area contributed by atoms with E-state index in [0.29, 0.717) is 18.5 Å². The van der Waals surface area contributed by atoms with Crippen molar-refractivity contribution >= 4 is 17.4 Å². The number of hydrogen-bond donors (Lipinski definition) is 1. The van der Waals surface area contributed by atoms with Gasteiger partial charge in [-0.25, -0.2) is 4.39 Å². The summed E-state index contributed by atoms with van der Waals surface area (Å²) in [6.07, 6.45) is 1.24. The molecule has 18 heavy (non-hydrogen) atoms. The molecule has 5 heteroatoms. The second-order valence-corrected chi connectivity index (χ2v) is 4.85. The Balaban J connectivity index is 1.99. The lowest BCUT2D eigenvalue weighted by atomic mass is 10.0. The first-order chi connectivity index (χ1) is 8.60. The molecule has 2 unspecified atom stereocenters. The molecule has 1 saturated heterocycles. The van der Waals surface area contributed by atoms with E-state index in [2.05, 4.69) is 0 Å². The molecule has 1 aliphatic heterocycles. The number of nitrogens with two attached hydrogens (primary N) is 1. The highest BCUT2D eigenvalue weighted by atomic mass is 35.5. The van der Waals surface area contributed by atoms with Crippen molar-refractivity contribution in [2.45, 2.75) is 31.5 Å². The first-order valence-corrected chi connectivity index (χ1v) is 6.30. The Morgan fingerprint density at radius 3 is 2.89 bits per heavy atom. The maximum atomic E-state index is 12.9. The van der Waals surface area contributed by atoms with Crippen LogP contribution < -0.4 is 5.73 Å². The summed E-state index contributed by atoms with van der Waals surface area (Å²) in [5.41, 5.74) is 6.12. The molecular formula is C13H15ClFNO2. The van der Waals surface area contributed by atoms with Crippen molar-refractivity contribution in [2.24, 2.45) is 5.73 Å². The monoisotopic (exact) mass is 271 g/mol. The van der Waals surface area contributed by atoms with Gasteiger partial charge in [-0.2, -0.15) is 0 Å². The standard InChI is InChI=1S/C13H15ClFNO2/c14-11-6-9(15)2-1-8(11)5-12(17)13-4-3-10(7-16)18-13/h1-2,6,10,13H,3-5,7,16H2. The Bertz CT molecular complexity index is 453. The van der Waals surface area contributed by atoms with Gasteiger partial charge in [0.05, 0.1) is 6.10 Å². The van der Waals surface area contributed by atoms with Crippen LogP contribution in [-0.2, 0) is 16.0 Å². The van der Waals surface area contributed by atoms with Crippen LogP contribution in [0, 0.1) is 5.82 Å². The molecule has 0 radical (unpaired) electrons. The normalized spacial score (nSPS) is 23.3. The van der Waals surface area contributed by atoms with Gasteiger partial charge < -0.3 is 10.5 Å². The molecule has 0 amide bonds. The number of rotatable bonds is 4. The highest BCUT2D eigenvalue weighted by Gasteiger charge is 2.29. The second kappa shape index (κ2) is 5.78.